The number of likely N-dealkylation sites (N-methyl/N-ethyl adjacent to an activating group) is 1. The first-order valence-electron chi connectivity index (χ1n) is 9.05. The third-order valence-electron chi connectivity index (χ3n) is 4.67. The number of carbonyl (C=O) groups excluding carboxylic acids is 1. The minimum Gasteiger partial charge on any atom is -0.493 e. The number of carbonyl (C=O) groups is 1. The second kappa shape index (κ2) is 9.62. The molecular formula is C21H28ClN2O3+. The van der Waals surface area contributed by atoms with Crippen LogP contribution in [0.4, 0.5) is 5.69 Å². The van der Waals surface area contributed by atoms with Crippen LogP contribution in [0.5, 0.6) is 11.5 Å². The largest absolute Gasteiger partial charge is 0.493 e. The topological polar surface area (TPSA) is 52.0 Å². The summed E-state index contributed by atoms with van der Waals surface area (Å²) in [6, 6.07) is 11.1. The molecule has 2 aromatic rings. The van der Waals surface area contributed by atoms with Crippen molar-refractivity contribution in [2.75, 3.05) is 26.1 Å². The maximum atomic E-state index is 12.7. The van der Waals surface area contributed by atoms with Gasteiger partial charge in [-0.2, -0.15) is 0 Å². The second-order valence-electron chi connectivity index (χ2n) is 6.56. The first-order valence-corrected chi connectivity index (χ1v) is 9.43. The van der Waals surface area contributed by atoms with Crippen molar-refractivity contribution in [3.63, 3.8) is 0 Å². The molecule has 0 aliphatic rings. The quantitative estimate of drug-likeness (QED) is 0.727. The highest BCUT2D eigenvalue weighted by atomic mass is 35.5. The first-order chi connectivity index (χ1) is 12.9. The van der Waals surface area contributed by atoms with Crippen LogP contribution in [-0.2, 0) is 11.3 Å². The van der Waals surface area contributed by atoms with Gasteiger partial charge in [0.15, 0.2) is 17.5 Å². The molecule has 0 saturated heterocycles. The molecule has 1 amide bonds. The van der Waals surface area contributed by atoms with Crippen LogP contribution in [-0.4, -0.2) is 32.7 Å². The van der Waals surface area contributed by atoms with Gasteiger partial charge in [-0.25, -0.2) is 0 Å². The zero-order chi connectivity index (χ0) is 20.0. The van der Waals surface area contributed by atoms with Gasteiger partial charge >= 0.3 is 0 Å². The highest BCUT2D eigenvalue weighted by molar-refractivity contribution is 6.31. The Morgan fingerprint density at radius 1 is 1.26 bits per heavy atom. The molecule has 0 aliphatic heterocycles. The van der Waals surface area contributed by atoms with Gasteiger partial charge in [-0.3, -0.25) is 4.79 Å². The van der Waals surface area contributed by atoms with Crippen molar-refractivity contribution in [2.24, 2.45) is 0 Å². The van der Waals surface area contributed by atoms with E-state index in [2.05, 4.69) is 5.32 Å². The van der Waals surface area contributed by atoms with E-state index in [1.54, 1.807) is 7.11 Å². The lowest BCUT2D eigenvalue weighted by Gasteiger charge is -2.22. The average molecular weight is 392 g/mol. The molecule has 0 radical (unpaired) electrons. The van der Waals surface area contributed by atoms with Gasteiger partial charge in [0.1, 0.15) is 6.54 Å². The lowest BCUT2D eigenvalue weighted by molar-refractivity contribution is -0.907. The zero-order valence-electron chi connectivity index (χ0n) is 16.6. The highest BCUT2D eigenvalue weighted by Crippen LogP contribution is 2.27. The molecule has 27 heavy (non-hydrogen) atoms. The maximum Gasteiger partial charge on any atom is 0.282 e. The molecule has 2 aromatic carbocycles. The normalized spacial score (nSPS) is 13.0. The summed E-state index contributed by atoms with van der Waals surface area (Å²) in [4.78, 5) is 13.7. The lowest BCUT2D eigenvalue weighted by atomic mass is 10.1. The summed E-state index contributed by atoms with van der Waals surface area (Å²) in [5.74, 6) is 1.38. The van der Waals surface area contributed by atoms with Gasteiger partial charge in [0.2, 0.25) is 0 Å². The standard InChI is InChI=1S/C21H27ClN2O3/c1-6-27-19-11-10-16(12-20(19)26-5)13-24(4)15(3)21(25)23-18-9-7-8-17(22)14(18)2/h7-12,15H,6,13H2,1-5H3,(H,23,25)/p+1/t15-/m0/s1. The van der Waals surface area contributed by atoms with Gasteiger partial charge < -0.3 is 19.7 Å². The van der Waals surface area contributed by atoms with E-state index in [9.17, 15) is 4.79 Å². The minimum absolute atomic E-state index is 0.0456. The molecule has 2 rings (SSSR count). The Hall–Kier alpha value is -2.24. The summed E-state index contributed by atoms with van der Waals surface area (Å²) in [6.45, 7) is 7.02. The van der Waals surface area contributed by atoms with Crippen molar-refractivity contribution in [1.82, 2.24) is 0 Å². The van der Waals surface area contributed by atoms with Crippen LogP contribution in [0.2, 0.25) is 5.02 Å². The van der Waals surface area contributed by atoms with Crippen molar-refractivity contribution in [1.29, 1.82) is 0 Å². The number of methoxy groups -OCH3 is 1. The summed E-state index contributed by atoms with van der Waals surface area (Å²) in [6.07, 6.45) is 0. The van der Waals surface area contributed by atoms with Crippen molar-refractivity contribution < 1.29 is 19.2 Å². The fourth-order valence-electron chi connectivity index (χ4n) is 2.78. The first kappa shape index (κ1) is 21.1. The van der Waals surface area contributed by atoms with Gasteiger partial charge in [0, 0.05) is 16.3 Å². The molecule has 0 heterocycles. The summed E-state index contributed by atoms with van der Waals surface area (Å²) in [5, 5.41) is 3.62. The molecule has 1 unspecified atom stereocenters. The average Bonchev–Trinajstić information content (AvgIpc) is 2.66. The van der Waals surface area contributed by atoms with Crippen LogP contribution in [0.3, 0.4) is 0 Å². The van der Waals surface area contributed by atoms with Crippen LogP contribution in [0.25, 0.3) is 0 Å². The summed E-state index contributed by atoms with van der Waals surface area (Å²) in [5.41, 5.74) is 2.69. The Morgan fingerprint density at radius 3 is 2.67 bits per heavy atom. The molecule has 2 atom stereocenters. The van der Waals surface area contributed by atoms with E-state index in [0.29, 0.717) is 23.9 Å². The van der Waals surface area contributed by atoms with Gasteiger partial charge in [0.25, 0.3) is 5.91 Å². The van der Waals surface area contributed by atoms with Gasteiger partial charge in [-0.05, 0) is 56.7 Å². The molecule has 0 bridgehead atoms. The fourth-order valence-corrected chi connectivity index (χ4v) is 2.95. The number of amides is 1. The number of ether oxygens (including phenoxy) is 2. The Balaban J connectivity index is 2.05. The van der Waals surface area contributed by atoms with Crippen LogP contribution >= 0.6 is 11.6 Å². The van der Waals surface area contributed by atoms with E-state index in [1.807, 2.05) is 64.2 Å². The summed E-state index contributed by atoms with van der Waals surface area (Å²) >= 11 is 6.13. The molecule has 5 nitrogen and oxygen atoms in total. The smallest absolute Gasteiger partial charge is 0.282 e. The van der Waals surface area contributed by atoms with Crippen molar-refractivity contribution >= 4 is 23.2 Å². The molecule has 0 fully saturated rings. The molecule has 0 aliphatic carbocycles. The van der Waals surface area contributed by atoms with E-state index < -0.39 is 0 Å². The van der Waals surface area contributed by atoms with Crippen LogP contribution in [0.1, 0.15) is 25.0 Å². The number of hydrogen-bond acceptors (Lipinski definition) is 3. The van der Waals surface area contributed by atoms with Crippen molar-refractivity contribution in [3.05, 3.63) is 52.5 Å². The number of hydrogen-bond donors (Lipinski definition) is 2. The Kier molecular flexibility index (Phi) is 7.51. The summed E-state index contributed by atoms with van der Waals surface area (Å²) < 4.78 is 11.0. The fraction of sp³-hybridized carbons (Fsp3) is 0.381. The van der Waals surface area contributed by atoms with Gasteiger partial charge in [-0.1, -0.05) is 17.7 Å². The molecule has 0 aromatic heterocycles. The van der Waals surface area contributed by atoms with Crippen LogP contribution < -0.4 is 19.7 Å². The Morgan fingerprint density at radius 2 is 2.00 bits per heavy atom. The predicted octanol–water partition coefficient (Wildman–Crippen LogP) is 3.10. The van der Waals surface area contributed by atoms with Gasteiger partial charge in [0.05, 0.1) is 20.8 Å². The zero-order valence-corrected chi connectivity index (χ0v) is 17.3. The Labute approximate surface area is 166 Å². The third kappa shape index (κ3) is 5.37. The third-order valence-corrected chi connectivity index (χ3v) is 5.08. The molecule has 0 saturated carbocycles. The van der Waals surface area contributed by atoms with Crippen molar-refractivity contribution in [2.45, 2.75) is 33.4 Å². The monoisotopic (exact) mass is 391 g/mol. The highest BCUT2D eigenvalue weighted by Gasteiger charge is 2.23. The molecule has 0 spiro atoms. The molecule has 6 heteroatoms. The number of anilines is 1. The van der Waals surface area contributed by atoms with Crippen LogP contribution in [0, 0.1) is 6.92 Å². The number of quaternary nitrogens is 1. The predicted molar refractivity (Wildman–Crippen MR) is 109 cm³/mol. The maximum absolute atomic E-state index is 12.7. The molecule has 146 valence electrons. The SMILES string of the molecule is CCOc1ccc(C[NH+](C)[C@@H](C)C(=O)Nc2cccc(Cl)c2C)cc1OC. The second-order valence-corrected chi connectivity index (χ2v) is 6.97. The van der Waals surface area contributed by atoms with E-state index in [-0.39, 0.29) is 11.9 Å². The summed E-state index contributed by atoms with van der Waals surface area (Å²) in [7, 11) is 3.62. The van der Waals surface area contributed by atoms with E-state index in [1.165, 1.54) is 0 Å². The van der Waals surface area contributed by atoms with E-state index in [4.69, 9.17) is 21.1 Å². The number of benzene rings is 2. The van der Waals surface area contributed by atoms with Crippen molar-refractivity contribution in [3.8, 4) is 11.5 Å². The molecule has 2 N–H and O–H groups in total. The minimum atomic E-state index is -0.235. The number of nitrogens with one attached hydrogen (secondary N) is 2. The number of halogens is 1. The molecular weight excluding hydrogens is 364 g/mol. The lowest BCUT2D eigenvalue weighted by Crippen LogP contribution is -3.12. The van der Waals surface area contributed by atoms with Gasteiger partial charge in [-0.15, -0.1) is 0 Å². The van der Waals surface area contributed by atoms with Crippen LogP contribution in [0.15, 0.2) is 36.4 Å². The Bertz CT molecular complexity index is 795. The van der Waals surface area contributed by atoms with E-state index >= 15 is 0 Å². The van der Waals surface area contributed by atoms with E-state index in [0.717, 1.165) is 27.5 Å². The number of rotatable bonds is 8.